The predicted octanol–water partition coefficient (Wildman–Crippen LogP) is 3.88. The van der Waals surface area contributed by atoms with Crippen LogP contribution < -0.4 is 16.0 Å². The highest BCUT2D eigenvalue weighted by Crippen LogP contribution is 2.14. The predicted molar refractivity (Wildman–Crippen MR) is 109 cm³/mol. The second kappa shape index (κ2) is 8.90. The third kappa shape index (κ3) is 5.48. The van der Waals surface area contributed by atoms with Crippen LogP contribution in [0.3, 0.4) is 0 Å². The van der Waals surface area contributed by atoms with Crippen LogP contribution in [0.1, 0.15) is 27.2 Å². The molecule has 6 heteroatoms. The van der Waals surface area contributed by atoms with Gasteiger partial charge in [-0.25, -0.2) is 0 Å². The van der Waals surface area contributed by atoms with Crippen molar-refractivity contribution in [2.24, 2.45) is 0 Å². The molecule has 3 rings (SSSR count). The summed E-state index contributed by atoms with van der Waals surface area (Å²) in [6.45, 7) is 4.46. The lowest BCUT2D eigenvalue weighted by Gasteiger charge is -2.10. The minimum absolute atomic E-state index is 0.134. The molecule has 0 spiro atoms. The Morgan fingerprint density at radius 3 is 2.29 bits per heavy atom. The first-order chi connectivity index (χ1) is 13.5. The summed E-state index contributed by atoms with van der Waals surface area (Å²) in [5.41, 5.74) is 4.29. The summed E-state index contributed by atoms with van der Waals surface area (Å²) in [5, 5.41) is 8.72. The topological polar surface area (TPSA) is 83.4 Å². The highest BCUT2D eigenvalue weighted by atomic mass is 16.3. The molecule has 0 bridgehead atoms. The molecule has 0 atom stereocenters. The van der Waals surface area contributed by atoms with Gasteiger partial charge in [-0.15, -0.1) is 0 Å². The van der Waals surface area contributed by atoms with Crippen LogP contribution in [0.15, 0.2) is 65.3 Å². The van der Waals surface area contributed by atoms with E-state index in [9.17, 15) is 9.59 Å². The van der Waals surface area contributed by atoms with E-state index in [0.717, 1.165) is 22.5 Å². The number of benzene rings is 2. The summed E-state index contributed by atoms with van der Waals surface area (Å²) in [4.78, 5) is 24.3. The van der Waals surface area contributed by atoms with Gasteiger partial charge in [0.2, 0.25) is 5.91 Å². The monoisotopic (exact) mass is 377 g/mol. The number of hydrogen-bond donors (Lipinski definition) is 3. The van der Waals surface area contributed by atoms with Crippen molar-refractivity contribution in [1.82, 2.24) is 5.32 Å². The van der Waals surface area contributed by atoms with Crippen molar-refractivity contribution >= 4 is 23.2 Å². The maximum absolute atomic E-state index is 12.1. The molecule has 28 heavy (non-hydrogen) atoms. The fourth-order valence-electron chi connectivity index (χ4n) is 2.86. The SMILES string of the molecule is Cc1cc(C)cc(NC(=O)CNc2ccc(C(=O)NCc3ccco3)cc2)c1. The van der Waals surface area contributed by atoms with Gasteiger partial charge in [0.1, 0.15) is 5.76 Å². The number of nitrogens with one attached hydrogen (secondary N) is 3. The van der Waals surface area contributed by atoms with Crippen LogP contribution >= 0.6 is 0 Å². The van der Waals surface area contributed by atoms with E-state index in [1.54, 1.807) is 42.7 Å². The molecule has 0 fully saturated rings. The standard InChI is InChI=1S/C22H23N3O3/c1-15-10-16(2)12-19(11-15)25-21(26)14-23-18-7-5-17(6-8-18)22(27)24-13-20-4-3-9-28-20/h3-12,23H,13-14H2,1-2H3,(H,24,27)(H,25,26). The largest absolute Gasteiger partial charge is 0.467 e. The van der Waals surface area contributed by atoms with Crippen molar-refractivity contribution in [1.29, 1.82) is 0 Å². The van der Waals surface area contributed by atoms with Gasteiger partial charge in [0.15, 0.2) is 0 Å². The summed E-state index contributed by atoms with van der Waals surface area (Å²) in [7, 11) is 0. The van der Waals surface area contributed by atoms with Crippen molar-refractivity contribution < 1.29 is 14.0 Å². The van der Waals surface area contributed by atoms with E-state index >= 15 is 0 Å². The second-order valence-electron chi connectivity index (χ2n) is 6.62. The zero-order chi connectivity index (χ0) is 19.9. The molecule has 3 N–H and O–H groups in total. The molecule has 6 nitrogen and oxygen atoms in total. The first-order valence-electron chi connectivity index (χ1n) is 9.02. The Kier molecular flexibility index (Phi) is 6.11. The van der Waals surface area contributed by atoms with Crippen LogP contribution in [0.4, 0.5) is 11.4 Å². The number of furan rings is 1. The minimum atomic E-state index is -0.185. The van der Waals surface area contributed by atoms with Crippen LogP contribution in [0.5, 0.6) is 0 Å². The Balaban J connectivity index is 1.48. The summed E-state index contributed by atoms with van der Waals surface area (Å²) in [6.07, 6.45) is 1.57. The van der Waals surface area contributed by atoms with E-state index < -0.39 is 0 Å². The quantitative estimate of drug-likeness (QED) is 0.583. The first-order valence-corrected chi connectivity index (χ1v) is 9.02. The van der Waals surface area contributed by atoms with Gasteiger partial charge in [-0.1, -0.05) is 6.07 Å². The molecule has 2 aromatic carbocycles. The average molecular weight is 377 g/mol. The molecule has 0 saturated carbocycles. The van der Waals surface area contributed by atoms with Gasteiger partial charge in [-0.2, -0.15) is 0 Å². The Morgan fingerprint density at radius 2 is 1.64 bits per heavy atom. The van der Waals surface area contributed by atoms with Crippen LogP contribution in [0.2, 0.25) is 0 Å². The second-order valence-corrected chi connectivity index (χ2v) is 6.62. The van der Waals surface area contributed by atoms with E-state index in [1.807, 2.05) is 26.0 Å². The molecule has 1 aromatic heterocycles. The molecule has 2 amide bonds. The Morgan fingerprint density at radius 1 is 0.929 bits per heavy atom. The van der Waals surface area contributed by atoms with Crippen molar-refractivity contribution in [3.8, 4) is 0 Å². The number of rotatable bonds is 7. The van der Waals surface area contributed by atoms with Gasteiger partial charge in [0.05, 0.1) is 19.4 Å². The highest BCUT2D eigenvalue weighted by Gasteiger charge is 2.07. The van der Waals surface area contributed by atoms with E-state index in [1.165, 1.54) is 0 Å². The van der Waals surface area contributed by atoms with Crippen molar-refractivity contribution in [3.05, 3.63) is 83.3 Å². The van der Waals surface area contributed by atoms with Gasteiger partial charge in [-0.05, 0) is 73.5 Å². The molecule has 3 aromatic rings. The van der Waals surface area contributed by atoms with Crippen LogP contribution in [0, 0.1) is 13.8 Å². The van der Waals surface area contributed by atoms with Crippen molar-refractivity contribution in [2.75, 3.05) is 17.2 Å². The summed E-state index contributed by atoms with van der Waals surface area (Å²) >= 11 is 0. The summed E-state index contributed by atoms with van der Waals surface area (Å²) < 4.78 is 5.19. The Bertz CT molecular complexity index is 927. The van der Waals surface area contributed by atoms with E-state index in [2.05, 4.69) is 22.0 Å². The maximum atomic E-state index is 12.1. The molecule has 0 unspecified atom stereocenters. The molecule has 0 aliphatic heterocycles. The number of carbonyl (C=O) groups is 2. The molecule has 0 radical (unpaired) electrons. The van der Waals surface area contributed by atoms with Gasteiger partial charge in [0.25, 0.3) is 5.91 Å². The molecule has 0 aliphatic rings. The Labute approximate surface area is 164 Å². The maximum Gasteiger partial charge on any atom is 0.251 e. The van der Waals surface area contributed by atoms with Gasteiger partial charge in [-0.3, -0.25) is 9.59 Å². The van der Waals surface area contributed by atoms with Crippen molar-refractivity contribution in [2.45, 2.75) is 20.4 Å². The first kappa shape index (κ1) is 19.2. The number of hydrogen-bond acceptors (Lipinski definition) is 4. The lowest BCUT2D eigenvalue weighted by Crippen LogP contribution is -2.23. The number of aryl methyl sites for hydroxylation is 2. The number of amides is 2. The number of carbonyl (C=O) groups excluding carboxylic acids is 2. The average Bonchev–Trinajstić information content (AvgIpc) is 3.17. The summed E-state index contributed by atoms with van der Waals surface area (Å²) in [6, 6.07) is 16.5. The zero-order valence-electron chi connectivity index (χ0n) is 15.9. The smallest absolute Gasteiger partial charge is 0.251 e. The third-order valence-corrected chi connectivity index (χ3v) is 4.11. The highest BCUT2D eigenvalue weighted by molar-refractivity contribution is 5.95. The molecule has 0 saturated heterocycles. The molecular weight excluding hydrogens is 354 g/mol. The van der Waals surface area contributed by atoms with Crippen molar-refractivity contribution in [3.63, 3.8) is 0 Å². The lowest BCUT2D eigenvalue weighted by molar-refractivity contribution is -0.114. The van der Waals surface area contributed by atoms with Gasteiger partial charge >= 0.3 is 0 Å². The lowest BCUT2D eigenvalue weighted by atomic mass is 10.1. The summed E-state index contributed by atoms with van der Waals surface area (Å²) in [5.74, 6) is 0.377. The minimum Gasteiger partial charge on any atom is -0.467 e. The van der Waals surface area contributed by atoms with E-state index in [0.29, 0.717) is 17.9 Å². The zero-order valence-corrected chi connectivity index (χ0v) is 15.9. The van der Waals surface area contributed by atoms with Crippen LogP contribution in [0.25, 0.3) is 0 Å². The fraction of sp³-hybridized carbons (Fsp3) is 0.182. The third-order valence-electron chi connectivity index (χ3n) is 4.11. The van der Waals surface area contributed by atoms with Crippen LogP contribution in [-0.2, 0) is 11.3 Å². The van der Waals surface area contributed by atoms with Crippen LogP contribution in [-0.4, -0.2) is 18.4 Å². The van der Waals surface area contributed by atoms with E-state index in [-0.39, 0.29) is 18.4 Å². The molecule has 1 heterocycles. The normalized spacial score (nSPS) is 10.4. The molecular formula is C22H23N3O3. The molecule has 0 aliphatic carbocycles. The Hall–Kier alpha value is -3.54. The van der Waals surface area contributed by atoms with E-state index in [4.69, 9.17) is 4.42 Å². The number of anilines is 2. The van der Waals surface area contributed by atoms with Gasteiger partial charge in [0, 0.05) is 16.9 Å². The van der Waals surface area contributed by atoms with Gasteiger partial charge < -0.3 is 20.4 Å². The molecule has 144 valence electrons. The fourth-order valence-corrected chi connectivity index (χ4v) is 2.86.